The summed E-state index contributed by atoms with van der Waals surface area (Å²) < 4.78 is 2.09. The summed E-state index contributed by atoms with van der Waals surface area (Å²) in [5, 5.41) is 12.4. The number of fused-ring (bicyclic) bond motifs is 1. The average molecular weight is 493 g/mol. The van der Waals surface area contributed by atoms with E-state index in [0.29, 0.717) is 25.2 Å². The number of benzene rings is 2. The molecule has 0 aliphatic heterocycles. The van der Waals surface area contributed by atoms with Gasteiger partial charge in [0.1, 0.15) is 5.82 Å². The molecule has 188 valence electrons. The minimum atomic E-state index is -1.03. The number of nitrogens with two attached hydrogens (primary N) is 1. The van der Waals surface area contributed by atoms with Gasteiger partial charge >= 0.3 is 0 Å². The molecular weight excluding hydrogens is 460 g/mol. The maximum atomic E-state index is 13.1. The molecule has 1 aliphatic rings. The molecule has 37 heavy (non-hydrogen) atoms. The van der Waals surface area contributed by atoms with E-state index in [1.54, 1.807) is 20.0 Å². The zero-order chi connectivity index (χ0) is 25.8. The molecule has 0 fully saturated rings. The molecule has 1 atom stereocenters. The molecule has 2 heterocycles. The molecule has 2 aromatic heterocycles. The lowest BCUT2D eigenvalue weighted by molar-refractivity contribution is -0.126. The number of nitrogens with zero attached hydrogens (tertiary/aromatic N) is 4. The van der Waals surface area contributed by atoms with Crippen molar-refractivity contribution in [1.29, 1.82) is 0 Å². The van der Waals surface area contributed by atoms with Crippen molar-refractivity contribution in [2.45, 2.75) is 51.2 Å². The van der Waals surface area contributed by atoms with Gasteiger partial charge in [-0.3, -0.25) is 9.78 Å². The van der Waals surface area contributed by atoms with Gasteiger partial charge in [0.25, 0.3) is 0 Å². The zero-order valence-electron chi connectivity index (χ0n) is 21.3. The second kappa shape index (κ2) is 10.5. The quantitative estimate of drug-likeness (QED) is 0.364. The van der Waals surface area contributed by atoms with Crippen LogP contribution in [0.25, 0.3) is 5.57 Å². The van der Waals surface area contributed by atoms with Crippen molar-refractivity contribution in [3.05, 3.63) is 119 Å². The molecule has 0 radical (unpaired) electrons. The van der Waals surface area contributed by atoms with Crippen LogP contribution < -0.4 is 11.1 Å². The Bertz CT molecular complexity index is 1400. The number of carbonyl (C=O) groups is 1. The van der Waals surface area contributed by atoms with Crippen LogP contribution in [-0.4, -0.2) is 31.2 Å². The molecule has 2 aromatic carbocycles. The van der Waals surface area contributed by atoms with Gasteiger partial charge in [-0.25, -0.2) is 0 Å². The van der Waals surface area contributed by atoms with E-state index in [9.17, 15) is 4.79 Å². The van der Waals surface area contributed by atoms with Crippen molar-refractivity contribution >= 4 is 11.5 Å². The molecule has 0 saturated heterocycles. The number of pyridine rings is 1. The molecule has 3 N–H and O–H groups in total. The van der Waals surface area contributed by atoms with Gasteiger partial charge in [-0.1, -0.05) is 66.7 Å². The van der Waals surface area contributed by atoms with Crippen molar-refractivity contribution in [2.24, 2.45) is 5.73 Å². The molecule has 4 aromatic rings. The summed E-state index contributed by atoms with van der Waals surface area (Å²) in [6.07, 6.45) is 6.11. The van der Waals surface area contributed by atoms with Gasteiger partial charge in [0.2, 0.25) is 5.91 Å². The van der Waals surface area contributed by atoms with E-state index in [0.717, 1.165) is 23.5 Å². The summed E-state index contributed by atoms with van der Waals surface area (Å²) in [7, 11) is 0. The fraction of sp³-hybridized carbons (Fsp3) is 0.267. The SMILES string of the molecule is CC(C)(N)C(=O)N[C@H](CC1=CCc2ccccc21)c1nnc(Cc2ccccc2)n1Cc1ccccn1. The molecule has 5 rings (SSSR count). The number of carbonyl (C=O) groups excluding carboxylic acids is 1. The third-order valence-corrected chi connectivity index (χ3v) is 6.67. The molecule has 0 spiro atoms. The molecule has 1 amide bonds. The largest absolute Gasteiger partial charge is 0.344 e. The lowest BCUT2D eigenvalue weighted by Gasteiger charge is -2.25. The van der Waals surface area contributed by atoms with Crippen LogP contribution >= 0.6 is 0 Å². The van der Waals surface area contributed by atoms with E-state index in [-0.39, 0.29) is 5.91 Å². The number of hydrogen-bond acceptors (Lipinski definition) is 5. The van der Waals surface area contributed by atoms with Gasteiger partial charge in [-0.2, -0.15) is 0 Å². The second-order valence-electron chi connectivity index (χ2n) is 10.1. The smallest absolute Gasteiger partial charge is 0.240 e. The molecule has 7 heteroatoms. The van der Waals surface area contributed by atoms with Crippen LogP contribution in [-0.2, 0) is 24.2 Å². The molecule has 0 bridgehead atoms. The van der Waals surface area contributed by atoms with E-state index in [1.165, 1.54) is 16.7 Å². The first-order valence-corrected chi connectivity index (χ1v) is 12.6. The molecule has 1 aliphatic carbocycles. The van der Waals surface area contributed by atoms with Crippen LogP contribution in [0.5, 0.6) is 0 Å². The van der Waals surface area contributed by atoms with Gasteiger partial charge in [0, 0.05) is 19.0 Å². The Morgan fingerprint density at radius 3 is 2.54 bits per heavy atom. The van der Waals surface area contributed by atoms with Crippen LogP contribution in [0, 0.1) is 0 Å². The van der Waals surface area contributed by atoms with E-state index in [1.807, 2.05) is 36.4 Å². The van der Waals surface area contributed by atoms with Gasteiger partial charge in [-0.15, -0.1) is 10.2 Å². The maximum Gasteiger partial charge on any atom is 0.240 e. The van der Waals surface area contributed by atoms with Gasteiger partial charge < -0.3 is 15.6 Å². The Hall–Kier alpha value is -4.10. The number of rotatable bonds is 9. The monoisotopic (exact) mass is 492 g/mol. The number of hydrogen-bond donors (Lipinski definition) is 2. The fourth-order valence-corrected chi connectivity index (χ4v) is 4.66. The Morgan fingerprint density at radius 1 is 1.03 bits per heavy atom. The average Bonchev–Trinajstić information content (AvgIpc) is 3.48. The third-order valence-electron chi connectivity index (χ3n) is 6.67. The Kier molecular flexibility index (Phi) is 6.97. The third kappa shape index (κ3) is 5.67. The summed E-state index contributed by atoms with van der Waals surface area (Å²) in [6.45, 7) is 3.92. The second-order valence-corrected chi connectivity index (χ2v) is 10.1. The van der Waals surface area contributed by atoms with Crippen molar-refractivity contribution < 1.29 is 4.79 Å². The van der Waals surface area contributed by atoms with E-state index in [2.05, 4.69) is 67.5 Å². The normalized spacial score (nSPS) is 13.6. The van der Waals surface area contributed by atoms with Crippen molar-refractivity contribution in [3.63, 3.8) is 0 Å². The van der Waals surface area contributed by atoms with E-state index < -0.39 is 11.6 Å². The Balaban J connectivity index is 1.54. The zero-order valence-corrected chi connectivity index (χ0v) is 21.3. The summed E-state index contributed by atoms with van der Waals surface area (Å²) >= 11 is 0. The van der Waals surface area contributed by atoms with Crippen LogP contribution in [0.3, 0.4) is 0 Å². The first kappa shape index (κ1) is 24.6. The highest BCUT2D eigenvalue weighted by Crippen LogP contribution is 2.34. The highest BCUT2D eigenvalue weighted by molar-refractivity contribution is 5.85. The minimum absolute atomic E-state index is 0.235. The van der Waals surface area contributed by atoms with Crippen molar-refractivity contribution in [3.8, 4) is 0 Å². The highest BCUT2D eigenvalue weighted by Gasteiger charge is 2.30. The summed E-state index contributed by atoms with van der Waals surface area (Å²) in [6, 6.07) is 24.1. The number of allylic oxidation sites excluding steroid dienone is 1. The maximum absolute atomic E-state index is 13.1. The lowest BCUT2D eigenvalue weighted by Crippen LogP contribution is -2.50. The Labute approximate surface area is 217 Å². The van der Waals surface area contributed by atoms with Crippen LogP contribution in [0.15, 0.2) is 85.1 Å². The highest BCUT2D eigenvalue weighted by atomic mass is 16.2. The fourth-order valence-electron chi connectivity index (χ4n) is 4.66. The van der Waals surface area contributed by atoms with Gasteiger partial charge in [0.15, 0.2) is 5.82 Å². The topological polar surface area (TPSA) is 98.7 Å². The van der Waals surface area contributed by atoms with Crippen molar-refractivity contribution in [2.75, 3.05) is 0 Å². The van der Waals surface area contributed by atoms with Crippen LogP contribution in [0.1, 0.15) is 60.3 Å². The molecule has 0 unspecified atom stereocenters. The van der Waals surface area contributed by atoms with Crippen LogP contribution in [0.4, 0.5) is 0 Å². The summed E-state index contributed by atoms with van der Waals surface area (Å²) in [5.74, 6) is 1.28. The van der Waals surface area contributed by atoms with Gasteiger partial charge in [-0.05, 0) is 54.7 Å². The lowest BCUT2D eigenvalue weighted by atomic mass is 9.98. The molecule has 0 saturated carbocycles. The number of nitrogens with one attached hydrogen (secondary N) is 1. The number of amides is 1. The molecular formula is C30H32N6O. The predicted octanol–water partition coefficient (Wildman–Crippen LogP) is 4.24. The standard InChI is InChI=1S/C30H32N6O/c1-30(2,31)29(37)33-26(19-23-16-15-22-12-6-7-14-25(22)23)28-35-34-27(18-21-10-4-3-5-11-21)36(28)20-24-13-8-9-17-32-24/h3-14,16-17,26H,15,18-20,31H2,1-2H3,(H,33,37)/t26-/m1/s1. The van der Waals surface area contributed by atoms with E-state index >= 15 is 0 Å². The first-order chi connectivity index (χ1) is 17.9. The first-order valence-electron chi connectivity index (χ1n) is 12.6. The minimum Gasteiger partial charge on any atom is -0.344 e. The van der Waals surface area contributed by atoms with E-state index in [4.69, 9.17) is 5.73 Å². The summed E-state index contributed by atoms with van der Waals surface area (Å²) in [5.41, 5.74) is 10.9. The van der Waals surface area contributed by atoms with Crippen molar-refractivity contribution in [1.82, 2.24) is 25.1 Å². The number of aromatic nitrogens is 4. The summed E-state index contributed by atoms with van der Waals surface area (Å²) in [4.78, 5) is 17.7. The van der Waals surface area contributed by atoms with Crippen LogP contribution in [0.2, 0.25) is 0 Å². The predicted molar refractivity (Wildman–Crippen MR) is 144 cm³/mol. The Morgan fingerprint density at radius 2 is 1.78 bits per heavy atom. The van der Waals surface area contributed by atoms with Gasteiger partial charge in [0.05, 0.1) is 23.8 Å². The molecule has 7 nitrogen and oxygen atoms in total.